The van der Waals surface area contributed by atoms with Gasteiger partial charge in [-0.25, -0.2) is 0 Å². The maximum atomic E-state index is 9.26. The summed E-state index contributed by atoms with van der Waals surface area (Å²) in [4.78, 5) is 4.31. The van der Waals surface area contributed by atoms with Gasteiger partial charge in [-0.15, -0.1) is 0 Å². The summed E-state index contributed by atoms with van der Waals surface area (Å²) >= 11 is 0. The number of anilines is 1. The molecule has 1 fully saturated rings. The SMILES string of the molecule is N#Cc1cnc2ccccc2c1NC1CCCC1N. The minimum Gasteiger partial charge on any atom is -0.379 e. The van der Waals surface area contributed by atoms with Crippen molar-refractivity contribution < 1.29 is 0 Å². The van der Waals surface area contributed by atoms with Crippen LogP contribution in [0, 0.1) is 11.3 Å². The van der Waals surface area contributed by atoms with E-state index >= 15 is 0 Å². The minimum absolute atomic E-state index is 0.165. The fourth-order valence-corrected chi connectivity index (χ4v) is 2.73. The second-order valence-electron chi connectivity index (χ2n) is 5.02. The Morgan fingerprint density at radius 1 is 1.32 bits per heavy atom. The number of hydrogen-bond acceptors (Lipinski definition) is 4. The molecule has 96 valence electrons. The summed E-state index contributed by atoms with van der Waals surface area (Å²) in [5.41, 5.74) is 8.45. The highest BCUT2D eigenvalue weighted by atomic mass is 15.0. The summed E-state index contributed by atoms with van der Waals surface area (Å²) in [5, 5.41) is 13.7. The first-order valence-electron chi connectivity index (χ1n) is 6.59. The number of nitriles is 1. The fraction of sp³-hybridized carbons (Fsp3) is 0.333. The monoisotopic (exact) mass is 252 g/mol. The Hall–Kier alpha value is -2.12. The standard InChI is InChI=1S/C15H16N4/c16-8-10-9-18-13-6-2-1-4-11(13)15(10)19-14-7-3-5-12(14)17/h1-2,4,6,9,12,14H,3,5,7,17H2,(H,18,19). The van der Waals surface area contributed by atoms with E-state index in [-0.39, 0.29) is 12.1 Å². The predicted molar refractivity (Wildman–Crippen MR) is 75.7 cm³/mol. The molecule has 4 nitrogen and oxygen atoms in total. The summed E-state index contributed by atoms with van der Waals surface area (Å²) in [5.74, 6) is 0. The van der Waals surface area contributed by atoms with Crippen LogP contribution in [0.1, 0.15) is 24.8 Å². The molecule has 0 radical (unpaired) electrons. The smallest absolute Gasteiger partial charge is 0.103 e. The van der Waals surface area contributed by atoms with Crippen molar-refractivity contribution in [2.75, 3.05) is 5.32 Å². The van der Waals surface area contributed by atoms with Crippen molar-refractivity contribution in [3.63, 3.8) is 0 Å². The molecule has 1 aromatic heterocycles. The van der Waals surface area contributed by atoms with Gasteiger partial charge in [-0.3, -0.25) is 4.98 Å². The summed E-state index contributed by atoms with van der Waals surface area (Å²) in [7, 11) is 0. The molecule has 0 aliphatic heterocycles. The number of nitrogens with one attached hydrogen (secondary N) is 1. The molecule has 0 amide bonds. The molecule has 0 spiro atoms. The molecule has 4 heteroatoms. The number of fused-ring (bicyclic) bond motifs is 1. The molecule has 2 unspecified atom stereocenters. The van der Waals surface area contributed by atoms with Crippen molar-refractivity contribution in [1.82, 2.24) is 4.98 Å². The van der Waals surface area contributed by atoms with Crippen LogP contribution in [0.4, 0.5) is 5.69 Å². The van der Waals surface area contributed by atoms with Crippen LogP contribution in [0.2, 0.25) is 0 Å². The lowest BCUT2D eigenvalue weighted by molar-refractivity contribution is 0.638. The van der Waals surface area contributed by atoms with E-state index in [4.69, 9.17) is 5.73 Å². The van der Waals surface area contributed by atoms with E-state index in [9.17, 15) is 5.26 Å². The van der Waals surface area contributed by atoms with Gasteiger partial charge in [-0.1, -0.05) is 18.2 Å². The lowest BCUT2D eigenvalue weighted by atomic mass is 10.1. The van der Waals surface area contributed by atoms with Crippen molar-refractivity contribution in [2.24, 2.45) is 5.73 Å². The van der Waals surface area contributed by atoms with Gasteiger partial charge >= 0.3 is 0 Å². The van der Waals surface area contributed by atoms with Crippen LogP contribution in [0.25, 0.3) is 10.9 Å². The van der Waals surface area contributed by atoms with Crippen LogP contribution in [0.15, 0.2) is 30.5 Å². The van der Waals surface area contributed by atoms with Crippen LogP contribution in [0.3, 0.4) is 0 Å². The molecule has 1 heterocycles. The normalized spacial score (nSPS) is 22.3. The molecule has 0 bridgehead atoms. The Morgan fingerprint density at radius 2 is 2.16 bits per heavy atom. The van der Waals surface area contributed by atoms with Crippen LogP contribution in [-0.4, -0.2) is 17.1 Å². The summed E-state index contributed by atoms with van der Waals surface area (Å²) < 4.78 is 0. The van der Waals surface area contributed by atoms with Gasteiger partial charge < -0.3 is 11.1 Å². The number of rotatable bonds is 2. The maximum absolute atomic E-state index is 9.26. The lowest BCUT2D eigenvalue weighted by Crippen LogP contribution is -2.35. The van der Waals surface area contributed by atoms with E-state index in [2.05, 4.69) is 16.4 Å². The third kappa shape index (κ3) is 2.13. The lowest BCUT2D eigenvalue weighted by Gasteiger charge is -2.20. The number of pyridine rings is 1. The van der Waals surface area contributed by atoms with Crippen molar-refractivity contribution in [3.8, 4) is 6.07 Å². The van der Waals surface area contributed by atoms with E-state index < -0.39 is 0 Å². The van der Waals surface area contributed by atoms with E-state index in [0.717, 1.165) is 35.9 Å². The summed E-state index contributed by atoms with van der Waals surface area (Å²) in [6.07, 6.45) is 4.88. The van der Waals surface area contributed by atoms with Gasteiger partial charge in [0.25, 0.3) is 0 Å². The molecule has 3 rings (SSSR count). The van der Waals surface area contributed by atoms with Crippen LogP contribution < -0.4 is 11.1 Å². The highest BCUT2D eigenvalue weighted by molar-refractivity contribution is 5.94. The van der Waals surface area contributed by atoms with Gasteiger partial charge in [-0.05, 0) is 25.3 Å². The number of nitrogens with zero attached hydrogens (tertiary/aromatic N) is 2. The minimum atomic E-state index is 0.165. The first-order chi connectivity index (χ1) is 9.29. The first kappa shape index (κ1) is 11.9. The second kappa shape index (κ2) is 4.87. The molecular formula is C15H16N4. The molecule has 1 aliphatic carbocycles. The molecule has 2 atom stereocenters. The molecule has 1 saturated carbocycles. The zero-order valence-electron chi connectivity index (χ0n) is 10.6. The van der Waals surface area contributed by atoms with Gasteiger partial charge in [0.1, 0.15) is 6.07 Å². The Kier molecular flexibility index (Phi) is 3.06. The van der Waals surface area contributed by atoms with Gasteiger partial charge in [0.05, 0.1) is 16.8 Å². The van der Waals surface area contributed by atoms with E-state index in [1.54, 1.807) is 6.20 Å². The topological polar surface area (TPSA) is 74.7 Å². The van der Waals surface area contributed by atoms with Gasteiger partial charge in [-0.2, -0.15) is 5.26 Å². The average Bonchev–Trinajstić information content (AvgIpc) is 2.85. The van der Waals surface area contributed by atoms with Crippen LogP contribution in [0.5, 0.6) is 0 Å². The maximum Gasteiger partial charge on any atom is 0.103 e. The molecule has 3 N–H and O–H groups in total. The molecule has 0 saturated heterocycles. The number of aromatic nitrogens is 1. The molecule has 2 aromatic rings. The first-order valence-corrected chi connectivity index (χ1v) is 6.59. The second-order valence-corrected chi connectivity index (χ2v) is 5.02. The van der Waals surface area contributed by atoms with Gasteiger partial charge in [0.15, 0.2) is 0 Å². The van der Waals surface area contributed by atoms with Crippen molar-refractivity contribution >= 4 is 16.6 Å². The Morgan fingerprint density at radius 3 is 2.89 bits per heavy atom. The van der Waals surface area contributed by atoms with Crippen molar-refractivity contribution in [1.29, 1.82) is 5.26 Å². The van der Waals surface area contributed by atoms with Crippen LogP contribution >= 0.6 is 0 Å². The zero-order chi connectivity index (χ0) is 13.2. The molecule has 1 aromatic carbocycles. The predicted octanol–water partition coefficient (Wildman–Crippen LogP) is 2.40. The van der Waals surface area contributed by atoms with E-state index in [1.165, 1.54) is 0 Å². The highest BCUT2D eigenvalue weighted by Gasteiger charge is 2.25. The Labute approximate surface area is 112 Å². The highest BCUT2D eigenvalue weighted by Crippen LogP contribution is 2.29. The summed E-state index contributed by atoms with van der Waals surface area (Å²) in [6, 6.07) is 10.5. The quantitative estimate of drug-likeness (QED) is 0.860. The number of benzene rings is 1. The Balaban J connectivity index is 2.07. The zero-order valence-corrected chi connectivity index (χ0v) is 10.6. The third-order valence-electron chi connectivity index (χ3n) is 3.80. The largest absolute Gasteiger partial charge is 0.379 e. The molecule has 19 heavy (non-hydrogen) atoms. The molecule has 1 aliphatic rings. The van der Waals surface area contributed by atoms with E-state index in [0.29, 0.717) is 5.56 Å². The average molecular weight is 252 g/mol. The van der Waals surface area contributed by atoms with Gasteiger partial charge in [0, 0.05) is 23.7 Å². The van der Waals surface area contributed by atoms with Crippen molar-refractivity contribution in [3.05, 3.63) is 36.0 Å². The fourth-order valence-electron chi connectivity index (χ4n) is 2.73. The van der Waals surface area contributed by atoms with Crippen molar-refractivity contribution in [2.45, 2.75) is 31.3 Å². The summed E-state index contributed by atoms with van der Waals surface area (Å²) in [6.45, 7) is 0. The number of nitrogens with two attached hydrogens (primary N) is 1. The van der Waals surface area contributed by atoms with Crippen LogP contribution in [-0.2, 0) is 0 Å². The van der Waals surface area contributed by atoms with Gasteiger partial charge in [0.2, 0.25) is 0 Å². The Bertz CT molecular complexity index is 644. The third-order valence-corrected chi connectivity index (χ3v) is 3.80. The number of hydrogen-bond donors (Lipinski definition) is 2. The number of para-hydroxylation sites is 1. The molecular weight excluding hydrogens is 236 g/mol. The van der Waals surface area contributed by atoms with E-state index in [1.807, 2.05) is 24.3 Å².